The zero-order chi connectivity index (χ0) is 14.0. The molecular formula is C12H9BrF2N2O2. The maximum Gasteiger partial charge on any atom is 0.356 e. The molecule has 0 fully saturated rings. The van der Waals surface area contributed by atoms with Crippen LogP contribution in [0.1, 0.15) is 17.4 Å². The third-order valence-corrected chi connectivity index (χ3v) is 2.79. The number of ether oxygens (including phenoxy) is 1. The first-order chi connectivity index (χ1) is 9.02. The Hall–Kier alpha value is -1.76. The molecule has 0 aliphatic carbocycles. The zero-order valence-corrected chi connectivity index (χ0v) is 11.4. The third kappa shape index (κ3) is 2.81. The van der Waals surface area contributed by atoms with Gasteiger partial charge < -0.3 is 4.74 Å². The summed E-state index contributed by atoms with van der Waals surface area (Å²) in [5.74, 6) is -2.17. The highest BCUT2D eigenvalue weighted by Crippen LogP contribution is 2.28. The van der Waals surface area contributed by atoms with Crippen molar-refractivity contribution in [3.63, 3.8) is 0 Å². The number of carbonyl (C=O) groups excluding carboxylic acids is 1. The van der Waals surface area contributed by atoms with Gasteiger partial charge in [0.2, 0.25) is 0 Å². The summed E-state index contributed by atoms with van der Waals surface area (Å²) in [5, 5.41) is 6.11. The standard InChI is InChI=1S/C12H9BrF2N2O2/c1-2-19-12(18)10-5-9(16-17-10)11-7(14)3-6(13)4-8(11)15/h3-5H,2H2,1H3,(H,16,17). The number of halogens is 3. The van der Waals surface area contributed by atoms with Gasteiger partial charge in [0.05, 0.1) is 17.9 Å². The summed E-state index contributed by atoms with van der Waals surface area (Å²) in [6.07, 6.45) is 0. The Balaban J connectivity index is 2.41. The van der Waals surface area contributed by atoms with E-state index in [1.165, 1.54) is 6.07 Å². The number of H-pyrrole nitrogens is 1. The Morgan fingerprint density at radius 2 is 2.00 bits per heavy atom. The molecule has 1 heterocycles. The van der Waals surface area contributed by atoms with Crippen LogP contribution in [0.25, 0.3) is 11.3 Å². The third-order valence-electron chi connectivity index (χ3n) is 2.34. The second-order valence-corrected chi connectivity index (χ2v) is 4.55. The molecule has 0 radical (unpaired) electrons. The van der Waals surface area contributed by atoms with Crippen molar-refractivity contribution in [2.75, 3.05) is 6.61 Å². The normalized spacial score (nSPS) is 10.5. The van der Waals surface area contributed by atoms with Crippen LogP contribution in [0.2, 0.25) is 0 Å². The number of hydrogen-bond acceptors (Lipinski definition) is 3. The summed E-state index contributed by atoms with van der Waals surface area (Å²) in [5.41, 5.74) is -0.251. The largest absolute Gasteiger partial charge is 0.461 e. The molecule has 4 nitrogen and oxygen atoms in total. The van der Waals surface area contributed by atoms with E-state index in [9.17, 15) is 13.6 Å². The van der Waals surface area contributed by atoms with Gasteiger partial charge in [-0.15, -0.1) is 0 Å². The van der Waals surface area contributed by atoms with Crippen molar-refractivity contribution in [2.24, 2.45) is 0 Å². The van der Waals surface area contributed by atoms with Gasteiger partial charge in [-0.3, -0.25) is 5.10 Å². The average molecular weight is 331 g/mol. The van der Waals surface area contributed by atoms with Crippen molar-refractivity contribution < 1.29 is 18.3 Å². The lowest BCUT2D eigenvalue weighted by Gasteiger charge is -2.02. The van der Waals surface area contributed by atoms with Gasteiger partial charge >= 0.3 is 5.97 Å². The Morgan fingerprint density at radius 3 is 2.58 bits per heavy atom. The van der Waals surface area contributed by atoms with Crippen LogP contribution in [-0.2, 0) is 4.74 Å². The summed E-state index contributed by atoms with van der Waals surface area (Å²) < 4.78 is 32.5. The molecule has 0 atom stereocenters. The predicted octanol–water partition coefficient (Wildman–Crippen LogP) is 3.29. The second-order valence-electron chi connectivity index (χ2n) is 3.63. The van der Waals surface area contributed by atoms with Gasteiger partial charge in [0.25, 0.3) is 0 Å². The molecular weight excluding hydrogens is 322 g/mol. The van der Waals surface area contributed by atoms with Crippen LogP contribution in [0, 0.1) is 11.6 Å². The van der Waals surface area contributed by atoms with Crippen molar-refractivity contribution in [2.45, 2.75) is 6.92 Å². The van der Waals surface area contributed by atoms with Gasteiger partial charge in [0.15, 0.2) is 0 Å². The first-order valence-corrected chi connectivity index (χ1v) is 6.19. The molecule has 1 aromatic heterocycles. The minimum absolute atomic E-state index is 0.00514. The fraction of sp³-hybridized carbons (Fsp3) is 0.167. The van der Waals surface area contributed by atoms with Crippen LogP contribution in [-0.4, -0.2) is 22.8 Å². The van der Waals surface area contributed by atoms with Crippen molar-refractivity contribution >= 4 is 21.9 Å². The van der Waals surface area contributed by atoms with Crippen LogP contribution in [0.5, 0.6) is 0 Å². The Labute approximate surface area is 115 Å². The first-order valence-electron chi connectivity index (χ1n) is 5.40. The summed E-state index contributed by atoms with van der Waals surface area (Å²) in [7, 11) is 0. The van der Waals surface area contributed by atoms with E-state index in [0.717, 1.165) is 12.1 Å². The molecule has 1 aromatic carbocycles. The van der Waals surface area contributed by atoms with Gasteiger partial charge in [-0.1, -0.05) is 15.9 Å². The van der Waals surface area contributed by atoms with Gasteiger partial charge in [-0.25, -0.2) is 13.6 Å². The quantitative estimate of drug-likeness (QED) is 0.878. The minimum atomic E-state index is -0.770. The molecule has 1 N–H and O–H groups in total. The number of aromatic amines is 1. The number of nitrogens with zero attached hydrogens (tertiary/aromatic N) is 1. The van der Waals surface area contributed by atoms with E-state index in [4.69, 9.17) is 4.74 Å². The molecule has 2 rings (SSSR count). The number of hydrogen-bond donors (Lipinski definition) is 1. The molecule has 100 valence electrons. The van der Waals surface area contributed by atoms with Crippen molar-refractivity contribution in [3.05, 3.63) is 40.0 Å². The van der Waals surface area contributed by atoms with Crippen LogP contribution in [0.15, 0.2) is 22.7 Å². The molecule has 0 aliphatic heterocycles. The van der Waals surface area contributed by atoms with Crippen LogP contribution < -0.4 is 0 Å². The van der Waals surface area contributed by atoms with Crippen molar-refractivity contribution in [3.8, 4) is 11.3 Å². The number of rotatable bonds is 3. The maximum atomic E-state index is 13.7. The Morgan fingerprint density at radius 1 is 1.37 bits per heavy atom. The van der Waals surface area contributed by atoms with Gasteiger partial charge in [0, 0.05) is 4.47 Å². The lowest BCUT2D eigenvalue weighted by atomic mass is 10.1. The maximum absolute atomic E-state index is 13.7. The molecule has 0 saturated carbocycles. The average Bonchev–Trinajstić information content (AvgIpc) is 2.77. The van der Waals surface area contributed by atoms with Gasteiger partial charge in [-0.05, 0) is 25.1 Å². The number of benzene rings is 1. The van der Waals surface area contributed by atoms with Gasteiger partial charge in [0.1, 0.15) is 17.3 Å². The topological polar surface area (TPSA) is 55.0 Å². The van der Waals surface area contributed by atoms with Crippen LogP contribution in [0.3, 0.4) is 0 Å². The molecule has 0 saturated heterocycles. The summed E-state index contributed by atoms with van der Waals surface area (Å²) >= 11 is 2.99. The monoisotopic (exact) mass is 330 g/mol. The lowest BCUT2D eigenvalue weighted by molar-refractivity contribution is 0.0519. The van der Waals surface area contributed by atoms with E-state index in [2.05, 4.69) is 26.1 Å². The smallest absolute Gasteiger partial charge is 0.356 e. The van der Waals surface area contributed by atoms with Gasteiger partial charge in [-0.2, -0.15) is 5.10 Å². The fourth-order valence-corrected chi connectivity index (χ4v) is 1.95. The second kappa shape index (κ2) is 5.48. The predicted molar refractivity (Wildman–Crippen MR) is 67.6 cm³/mol. The van der Waals surface area contributed by atoms with E-state index in [1.54, 1.807) is 6.92 Å². The molecule has 19 heavy (non-hydrogen) atoms. The van der Waals surface area contributed by atoms with Crippen molar-refractivity contribution in [1.29, 1.82) is 0 Å². The molecule has 0 unspecified atom stereocenters. The SMILES string of the molecule is CCOC(=O)c1cc(-c2c(F)cc(Br)cc2F)n[nH]1. The highest BCUT2D eigenvalue weighted by atomic mass is 79.9. The summed E-state index contributed by atoms with van der Waals surface area (Å²) in [6.45, 7) is 1.86. The molecule has 0 bridgehead atoms. The zero-order valence-electron chi connectivity index (χ0n) is 9.84. The summed E-state index contributed by atoms with van der Waals surface area (Å²) in [6, 6.07) is 3.49. The number of esters is 1. The first kappa shape index (κ1) is 13.7. The number of nitrogens with one attached hydrogen (secondary N) is 1. The van der Waals surface area contributed by atoms with Crippen LogP contribution in [0.4, 0.5) is 8.78 Å². The highest BCUT2D eigenvalue weighted by molar-refractivity contribution is 9.10. The summed E-state index contributed by atoms with van der Waals surface area (Å²) in [4.78, 5) is 11.4. The highest BCUT2D eigenvalue weighted by Gasteiger charge is 2.18. The minimum Gasteiger partial charge on any atom is -0.461 e. The van der Waals surface area contributed by atoms with E-state index in [0.29, 0.717) is 0 Å². The van der Waals surface area contributed by atoms with E-state index in [-0.39, 0.29) is 28.0 Å². The van der Waals surface area contributed by atoms with E-state index >= 15 is 0 Å². The molecule has 0 aliphatic rings. The fourth-order valence-electron chi connectivity index (χ4n) is 1.55. The van der Waals surface area contributed by atoms with Crippen LogP contribution >= 0.6 is 15.9 Å². The number of aromatic nitrogens is 2. The Bertz CT molecular complexity index is 605. The number of carbonyl (C=O) groups is 1. The Kier molecular flexibility index (Phi) is 3.94. The van der Waals surface area contributed by atoms with Crippen molar-refractivity contribution in [1.82, 2.24) is 10.2 Å². The molecule has 0 amide bonds. The lowest BCUT2D eigenvalue weighted by Crippen LogP contribution is -2.04. The molecule has 2 aromatic rings. The molecule has 7 heteroatoms. The van der Waals surface area contributed by atoms with E-state index in [1.807, 2.05) is 0 Å². The van der Waals surface area contributed by atoms with E-state index < -0.39 is 17.6 Å². The molecule has 0 spiro atoms.